The number of benzene rings is 3. The predicted molar refractivity (Wildman–Crippen MR) is 108 cm³/mol. The molecule has 142 valence electrons. The standard InChI is InChI=1S/C23H21NO4/c1-27-19-9-6-15-7-10-20(14-18(15)13-19)28-22(25)11-8-17-12-16-4-2-3-5-21(16)24-23(17)26/h2-7,9-10,13-14,17H,8,11-12H2,1H3,(H,24,26). The second-order valence-corrected chi connectivity index (χ2v) is 6.94. The van der Waals surface area contributed by atoms with Crippen molar-refractivity contribution in [3.63, 3.8) is 0 Å². The van der Waals surface area contributed by atoms with Gasteiger partial charge >= 0.3 is 5.97 Å². The summed E-state index contributed by atoms with van der Waals surface area (Å²) in [5, 5.41) is 4.89. The topological polar surface area (TPSA) is 64.6 Å². The van der Waals surface area contributed by atoms with Crippen molar-refractivity contribution in [3.8, 4) is 11.5 Å². The molecule has 1 amide bonds. The van der Waals surface area contributed by atoms with Crippen LogP contribution in [0.15, 0.2) is 60.7 Å². The highest BCUT2D eigenvalue weighted by Gasteiger charge is 2.26. The number of carbonyl (C=O) groups excluding carboxylic acids is 2. The zero-order chi connectivity index (χ0) is 19.5. The van der Waals surface area contributed by atoms with Crippen LogP contribution < -0.4 is 14.8 Å². The van der Waals surface area contributed by atoms with Gasteiger partial charge in [-0.3, -0.25) is 9.59 Å². The van der Waals surface area contributed by atoms with E-state index in [1.807, 2.05) is 54.6 Å². The van der Waals surface area contributed by atoms with Gasteiger partial charge < -0.3 is 14.8 Å². The van der Waals surface area contributed by atoms with Crippen LogP contribution in [0.4, 0.5) is 5.69 Å². The largest absolute Gasteiger partial charge is 0.497 e. The number of nitrogens with one attached hydrogen (secondary N) is 1. The average molecular weight is 375 g/mol. The van der Waals surface area contributed by atoms with Gasteiger partial charge in [-0.15, -0.1) is 0 Å². The molecule has 0 spiro atoms. The summed E-state index contributed by atoms with van der Waals surface area (Å²) in [5.41, 5.74) is 1.96. The van der Waals surface area contributed by atoms with E-state index < -0.39 is 0 Å². The molecular formula is C23H21NO4. The van der Waals surface area contributed by atoms with Crippen molar-refractivity contribution in [2.24, 2.45) is 5.92 Å². The fourth-order valence-corrected chi connectivity index (χ4v) is 3.51. The Balaban J connectivity index is 1.38. The van der Waals surface area contributed by atoms with Gasteiger partial charge in [0, 0.05) is 18.0 Å². The summed E-state index contributed by atoms with van der Waals surface area (Å²) in [6.07, 6.45) is 1.29. The van der Waals surface area contributed by atoms with Gasteiger partial charge in [-0.2, -0.15) is 0 Å². The van der Waals surface area contributed by atoms with Crippen LogP contribution in [0.2, 0.25) is 0 Å². The maximum absolute atomic E-state index is 12.3. The lowest BCUT2D eigenvalue weighted by molar-refractivity contribution is -0.134. The molecule has 28 heavy (non-hydrogen) atoms. The van der Waals surface area contributed by atoms with Crippen LogP contribution in [0, 0.1) is 5.92 Å². The second-order valence-electron chi connectivity index (χ2n) is 6.94. The van der Waals surface area contributed by atoms with Crippen molar-refractivity contribution in [1.82, 2.24) is 0 Å². The number of hydrogen-bond acceptors (Lipinski definition) is 4. The number of ether oxygens (including phenoxy) is 2. The summed E-state index contributed by atoms with van der Waals surface area (Å²) in [7, 11) is 1.62. The van der Waals surface area contributed by atoms with Gasteiger partial charge in [0.1, 0.15) is 11.5 Å². The van der Waals surface area contributed by atoms with Crippen LogP contribution >= 0.6 is 0 Å². The van der Waals surface area contributed by atoms with Crippen molar-refractivity contribution in [2.75, 3.05) is 12.4 Å². The third-order valence-corrected chi connectivity index (χ3v) is 5.06. The van der Waals surface area contributed by atoms with Gasteiger partial charge in [0.25, 0.3) is 0 Å². The van der Waals surface area contributed by atoms with E-state index in [2.05, 4.69) is 5.32 Å². The number of esters is 1. The summed E-state index contributed by atoms with van der Waals surface area (Å²) in [5.74, 6) is 0.644. The number of carbonyl (C=O) groups is 2. The zero-order valence-electron chi connectivity index (χ0n) is 15.6. The molecule has 0 aliphatic carbocycles. The minimum Gasteiger partial charge on any atom is -0.497 e. The first kappa shape index (κ1) is 18.0. The molecule has 3 aromatic rings. The van der Waals surface area contributed by atoms with E-state index in [0.29, 0.717) is 18.6 Å². The van der Waals surface area contributed by atoms with E-state index in [9.17, 15) is 9.59 Å². The second kappa shape index (κ2) is 7.72. The molecule has 1 unspecified atom stereocenters. The summed E-state index contributed by atoms with van der Waals surface area (Å²) < 4.78 is 10.7. The average Bonchev–Trinajstić information content (AvgIpc) is 2.71. The number of para-hydroxylation sites is 1. The van der Waals surface area contributed by atoms with E-state index in [-0.39, 0.29) is 24.2 Å². The Kier molecular flexibility index (Phi) is 4.98. The van der Waals surface area contributed by atoms with Gasteiger partial charge in [-0.05, 0) is 59.5 Å². The molecular weight excluding hydrogens is 354 g/mol. The Hall–Kier alpha value is -3.34. The van der Waals surface area contributed by atoms with Crippen LogP contribution in [-0.4, -0.2) is 19.0 Å². The Labute approximate surface area is 163 Å². The van der Waals surface area contributed by atoms with E-state index in [4.69, 9.17) is 9.47 Å². The number of fused-ring (bicyclic) bond motifs is 2. The SMILES string of the molecule is COc1ccc2ccc(OC(=O)CCC3Cc4ccccc4NC3=O)cc2c1. The quantitative estimate of drug-likeness (QED) is 0.532. The van der Waals surface area contributed by atoms with Gasteiger partial charge in [0.05, 0.1) is 7.11 Å². The fourth-order valence-electron chi connectivity index (χ4n) is 3.51. The molecule has 0 saturated carbocycles. The van der Waals surface area contributed by atoms with E-state index >= 15 is 0 Å². The number of amides is 1. The summed E-state index contributed by atoms with van der Waals surface area (Å²) in [4.78, 5) is 24.5. The zero-order valence-corrected chi connectivity index (χ0v) is 15.6. The van der Waals surface area contributed by atoms with E-state index in [1.54, 1.807) is 13.2 Å². The Bertz CT molecular complexity index is 1040. The molecule has 5 nitrogen and oxygen atoms in total. The van der Waals surface area contributed by atoms with Crippen LogP contribution in [0.5, 0.6) is 11.5 Å². The first-order valence-electron chi connectivity index (χ1n) is 9.29. The third-order valence-electron chi connectivity index (χ3n) is 5.06. The third kappa shape index (κ3) is 3.83. The monoisotopic (exact) mass is 375 g/mol. The number of methoxy groups -OCH3 is 1. The number of rotatable bonds is 5. The van der Waals surface area contributed by atoms with E-state index in [1.165, 1.54) is 0 Å². The summed E-state index contributed by atoms with van der Waals surface area (Å²) >= 11 is 0. The highest BCUT2D eigenvalue weighted by atomic mass is 16.5. The van der Waals surface area contributed by atoms with Gasteiger partial charge in [0.2, 0.25) is 5.91 Å². The molecule has 1 aliphatic rings. The van der Waals surface area contributed by atoms with Crippen molar-refractivity contribution in [1.29, 1.82) is 0 Å². The lowest BCUT2D eigenvalue weighted by Crippen LogP contribution is -2.30. The molecule has 0 bridgehead atoms. The Morgan fingerprint density at radius 1 is 1.04 bits per heavy atom. The smallest absolute Gasteiger partial charge is 0.311 e. The summed E-state index contributed by atoms with van der Waals surface area (Å²) in [6.45, 7) is 0. The normalized spacial score (nSPS) is 15.6. The molecule has 0 fully saturated rings. The number of anilines is 1. The first-order valence-corrected chi connectivity index (χ1v) is 9.29. The molecule has 1 atom stereocenters. The van der Waals surface area contributed by atoms with Gasteiger partial charge in [-0.1, -0.05) is 30.3 Å². The summed E-state index contributed by atoms with van der Waals surface area (Å²) in [6, 6.07) is 19.0. The van der Waals surface area contributed by atoms with Crippen LogP contribution in [0.1, 0.15) is 18.4 Å². The van der Waals surface area contributed by atoms with Crippen molar-refractivity contribution in [2.45, 2.75) is 19.3 Å². The van der Waals surface area contributed by atoms with Crippen molar-refractivity contribution >= 4 is 28.3 Å². The fraction of sp³-hybridized carbons (Fsp3) is 0.217. The molecule has 3 aromatic carbocycles. The maximum atomic E-state index is 12.3. The lowest BCUT2D eigenvalue weighted by Gasteiger charge is -2.24. The Morgan fingerprint density at radius 2 is 1.79 bits per heavy atom. The minimum atomic E-state index is -0.339. The van der Waals surface area contributed by atoms with Crippen LogP contribution in [0.25, 0.3) is 10.8 Å². The molecule has 1 heterocycles. The molecule has 1 N–H and O–H groups in total. The molecule has 0 saturated heterocycles. The van der Waals surface area contributed by atoms with Gasteiger partial charge in [-0.25, -0.2) is 0 Å². The van der Waals surface area contributed by atoms with Crippen LogP contribution in [-0.2, 0) is 16.0 Å². The Morgan fingerprint density at radius 3 is 2.61 bits per heavy atom. The maximum Gasteiger partial charge on any atom is 0.311 e. The highest BCUT2D eigenvalue weighted by molar-refractivity contribution is 5.96. The minimum absolute atomic E-state index is 0.0377. The molecule has 1 aliphatic heterocycles. The van der Waals surface area contributed by atoms with Crippen LogP contribution in [0.3, 0.4) is 0 Å². The lowest BCUT2D eigenvalue weighted by atomic mass is 9.90. The van der Waals surface area contributed by atoms with Crippen molar-refractivity contribution < 1.29 is 19.1 Å². The highest BCUT2D eigenvalue weighted by Crippen LogP contribution is 2.28. The number of hydrogen-bond donors (Lipinski definition) is 1. The molecule has 0 radical (unpaired) electrons. The molecule has 4 rings (SSSR count). The molecule has 5 heteroatoms. The first-order chi connectivity index (χ1) is 13.6. The molecule has 0 aromatic heterocycles. The van der Waals surface area contributed by atoms with Gasteiger partial charge in [0.15, 0.2) is 0 Å². The van der Waals surface area contributed by atoms with Crippen molar-refractivity contribution in [3.05, 3.63) is 66.2 Å². The van der Waals surface area contributed by atoms with E-state index in [0.717, 1.165) is 27.8 Å². The predicted octanol–water partition coefficient (Wildman–Crippen LogP) is 4.35.